The van der Waals surface area contributed by atoms with E-state index in [2.05, 4.69) is 25.6 Å². The molecule has 0 amide bonds. The third kappa shape index (κ3) is 6.66. The van der Waals surface area contributed by atoms with Crippen LogP contribution in [0.4, 0.5) is 17.5 Å². The number of nitrogens with zero attached hydrogens (tertiary/aromatic N) is 4. The van der Waals surface area contributed by atoms with Crippen molar-refractivity contribution in [2.45, 2.75) is 30.9 Å². The number of aryl methyl sites for hydroxylation is 2. The van der Waals surface area contributed by atoms with E-state index in [1.807, 2.05) is 16.7 Å². The van der Waals surface area contributed by atoms with Gasteiger partial charge < -0.3 is 35.2 Å². The first-order valence-electron chi connectivity index (χ1n) is 11.5. The number of imidazole rings is 1. The molecule has 0 saturated carbocycles. The van der Waals surface area contributed by atoms with Crippen LogP contribution in [-0.2, 0) is 22.1 Å². The highest BCUT2D eigenvalue weighted by molar-refractivity contribution is 7.63. The van der Waals surface area contributed by atoms with Crippen molar-refractivity contribution in [1.29, 1.82) is 0 Å². The van der Waals surface area contributed by atoms with E-state index in [1.54, 1.807) is 42.7 Å². The third-order valence-electron chi connectivity index (χ3n) is 5.73. The number of benzene rings is 2. The van der Waals surface area contributed by atoms with Crippen LogP contribution >= 0.6 is 27.7 Å². The largest absolute Gasteiger partial charge is 0.508 e. The Morgan fingerprint density at radius 1 is 1.13 bits per heavy atom. The molecule has 0 saturated heterocycles. The fourth-order valence-corrected chi connectivity index (χ4v) is 5.12. The molecule has 0 spiro atoms. The Balaban J connectivity index is 1.58. The highest BCUT2D eigenvalue weighted by atomic mass is 35.5. The lowest BCUT2D eigenvalue weighted by molar-refractivity contribution is 0.157. The summed E-state index contributed by atoms with van der Waals surface area (Å²) in [5.74, 6) is 0.803. The van der Waals surface area contributed by atoms with Crippen molar-refractivity contribution >= 4 is 56.3 Å². The van der Waals surface area contributed by atoms with Gasteiger partial charge >= 0.3 is 21.1 Å². The lowest BCUT2D eigenvalue weighted by atomic mass is 10.1. The Bertz CT molecular complexity index is 1500. The van der Waals surface area contributed by atoms with Crippen LogP contribution in [0.15, 0.2) is 54.9 Å². The number of anilines is 3. The first kappa shape index (κ1) is 27.9. The Labute approximate surface area is 224 Å². The highest BCUT2D eigenvalue weighted by Crippen LogP contribution is 2.57. The van der Waals surface area contributed by atoms with Crippen LogP contribution < -0.4 is 10.6 Å². The number of nitrogens with one attached hydrogen (secondary N) is 2. The summed E-state index contributed by atoms with van der Waals surface area (Å²) in [6.45, 7) is 0.666. The standard InChI is InChI=1S/C23H25ClN6O6P2/c24-16-5-2-6-17(13-16)27-20-19-21(30(14-26-19)11-8-15-4-1-7-18(31)12-15)29-22(28-20)25-10-3-9-23(32,37-33)38(34,35)36/h1-2,4-7,12-14,31-32H,3,8-11H2,(H2,34,35,36)(H2,25,27,28,29)/p+1. The van der Waals surface area contributed by atoms with Crippen molar-refractivity contribution in [3.8, 4) is 5.75 Å². The minimum atomic E-state index is -4.97. The molecule has 0 aliphatic heterocycles. The average Bonchev–Trinajstić information content (AvgIpc) is 3.28. The number of rotatable bonds is 12. The number of aliphatic hydroxyl groups is 1. The zero-order chi connectivity index (χ0) is 27.3. The SMILES string of the molecule is O=[PH+]C(O)(CCCNc1nc(Nc2cccc(Cl)c2)c2ncn(CCc3cccc(O)c3)c2n1)P(=O)(O)O. The average molecular weight is 580 g/mol. The van der Waals surface area contributed by atoms with Gasteiger partial charge in [-0.25, -0.2) is 4.98 Å². The van der Waals surface area contributed by atoms with Crippen LogP contribution in [0.25, 0.3) is 11.2 Å². The van der Waals surface area contributed by atoms with Crippen LogP contribution in [0.3, 0.4) is 0 Å². The van der Waals surface area contributed by atoms with Crippen LogP contribution in [0.5, 0.6) is 5.75 Å². The van der Waals surface area contributed by atoms with Crippen molar-refractivity contribution < 1.29 is 29.1 Å². The van der Waals surface area contributed by atoms with Gasteiger partial charge in [0.15, 0.2) is 17.0 Å². The number of fused-ring (bicyclic) bond motifs is 1. The molecule has 2 unspecified atom stereocenters. The number of hydrogen-bond acceptors (Lipinski definition) is 9. The molecule has 200 valence electrons. The van der Waals surface area contributed by atoms with Gasteiger partial charge in [-0.3, -0.25) is 4.57 Å². The van der Waals surface area contributed by atoms with Gasteiger partial charge in [0.25, 0.3) is 0 Å². The van der Waals surface area contributed by atoms with Gasteiger partial charge in [-0.05, 0) is 48.7 Å². The topological polar surface area (TPSA) is 183 Å². The van der Waals surface area contributed by atoms with Crippen molar-refractivity contribution in [2.75, 3.05) is 17.2 Å². The normalized spacial score (nSPS) is 13.5. The van der Waals surface area contributed by atoms with Crippen molar-refractivity contribution in [3.05, 3.63) is 65.4 Å². The molecule has 2 atom stereocenters. The van der Waals surface area contributed by atoms with Gasteiger partial charge in [0.1, 0.15) is 5.75 Å². The quantitative estimate of drug-likeness (QED) is 0.104. The highest BCUT2D eigenvalue weighted by Gasteiger charge is 2.53. The summed E-state index contributed by atoms with van der Waals surface area (Å²) in [4.78, 5) is 32.2. The van der Waals surface area contributed by atoms with E-state index >= 15 is 0 Å². The number of phenols is 1. The zero-order valence-corrected chi connectivity index (χ0v) is 22.6. The van der Waals surface area contributed by atoms with E-state index in [0.29, 0.717) is 40.7 Å². The van der Waals surface area contributed by atoms with Gasteiger partial charge in [-0.1, -0.05) is 34.4 Å². The molecule has 0 aliphatic rings. The molecule has 12 nitrogen and oxygen atoms in total. The molecule has 0 bridgehead atoms. The molecule has 0 radical (unpaired) electrons. The first-order chi connectivity index (χ1) is 18.1. The predicted molar refractivity (Wildman–Crippen MR) is 146 cm³/mol. The second-order valence-electron chi connectivity index (χ2n) is 8.55. The zero-order valence-electron chi connectivity index (χ0n) is 20.0. The number of aromatic hydroxyl groups is 1. The van der Waals surface area contributed by atoms with E-state index in [-0.39, 0.29) is 31.1 Å². The molecule has 0 aliphatic carbocycles. The van der Waals surface area contributed by atoms with Gasteiger partial charge in [0.05, 0.1) is 6.33 Å². The summed E-state index contributed by atoms with van der Waals surface area (Å²) in [5, 5.41) is 23.9. The van der Waals surface area contributed by atoms with E-state index in [1.165, 1.54) is 0 Å². The maximum Gasteiger partial charge on any atom is 0.407 e. The summed E-state index contributed by atoms with van der Waals surface area (Å²) in [5.41, 5.74) is 2.66. The monoisotopic (exact) mass is 579 g/mol. The van der Waals surface area contributed by atoms with Crippen LogP contribution in [-0.4, -0.2) is 51.1 Å². The second-order valence-corrected chi connectivity index (χ2v) is 12.3. The molecule has 4 rings (SSSR count). The van der Waals surface area contributed by atoms with E-state index in [9.17, 15) is 29.1 Å². The Hall–Kier alpha value is -3.11. The van der Waals surface area contributed by atoms with Gasteiger partial charge in [-0.2, -0.15) is 9.97 Å². The summed E-state index contributed by atoms with van der Waals surface area (Å²) in [6, 6.07) is 14.1. The lowest BCUT2D eigenvalue weighted by Gasteiger charge is -2.16. The number of aromatic nitrogens is 4. The minimum Gasteiger partial charge on any atom is -0.508 e. The van der Waals surface area contributed by atoms with Crippen molar-refractivity contribution in [3.63, 3.8) is 0 Å². The van der Waals surface area contributed by atoms with Crippen LogP contribution in [0.2, 0.25) is 5.02 Å². The number of hydrogen-bond donors (Lipinski definition) is 6. The van der Waals surface area contributed by atoms with Gasteiger partial charge in [0.2, 0.25) is 5.95 Å². The molecule has 0 fully saturated rings. The predicted octanol–water partition coefficient (Wildman–Crippen LogP) is 4.21. The molecule has 38 heavy (non-hydrogen) atoms. The Morgan fingerprint density at radius 2 is 1.92 bits per heavy atom. The fraction of sp³-hybridized carbons (Fsp3) is 0.261. The number of halogens is 1. The van der Waals surface area contributed by atoms with E-state index < -0.39 is 21.1 Å². The summed E-state index contributed by atoms with van der Waals surface area (Å²) < 4.78 is 24.6. The second kappa shape index (κ2) is 11.7. The van der Waals surface area contributed by atoms with Crippen LogP contribution in [0, 0.1) is 0 Å². The molecular weight excluding hydrogens is 554 g/mol. The van der Waals surface area contributed by atoms with Crippen LogP contribution in [0.1, 0.15) is 18.4 Å². The molecule has 6 N–H and O–H groups in total. The first-order valence-corrected chi connectivity index (χ1v) is 14.4. The lowest BCUT2D eigenvalue weighted by Crippen LogP contribution is -2.22. The third-order valence-corrected chi connectivity index (χ3v) is 8.88. The molecule has 2 aromatic heterocycles. The maximum absolute atomic E-state index is 11.5. The fourth-order valence-electron chi connectivity index (χ4n) is 3.73. The molecule has 15 heteroatoms. The van der Waals surface area contributed by atoms with Gasteiger partial charge in [0, 0.05) is 30.2 Å². The Morgan fingerprint density at radius 3 is 2.63 bits per heavy atom. The van der Waals surface area contributed by atoms with Crippen molar-refractivity contribution in [1.82, 2.24) is 19.5 Å². The number of phenolic OH excluding ortho intramolecular Hbond substituents is 1. The summed E-state index contributed by atoms with van der Waals surface area (Å²) in [6.07, 6.45) is 1.96. The summed E-state index contributed by atoms with van der Waals surface area (Å²) >= 11 is 6.12. The maximum atomic E-state index is 11.5. The van der Waals surface area contributed by atoms with Gasteiger partial charge in [-0.15, -0.1) is 0 Å². The Kier molecular flexibility index (Phi) is 8.62. The molecular formula is C23H26ClN6O6P2+. The minimum absolute atomic E-state index is 0.0893. The molecule has 2 heterocycles. The van der Waals surface area contributed by atoms with E-state index in [0.717, 1.165) is 5.56 Å². The van der Waals surface area contributed by atoms with E-state index in [4.69, 9.17) is 11.6 Å². The van der Waals surface area contributed by atoms with Crippen molar-refractivity contribution in [2.24, 2.45) is 0 Å². The molecule has 2 aromatic carbocycles. The smallest absolute Gasteiger partial charge is 0.407 e. The summed E-state index contributed by atoms with van der Waals surface area (Å²) in [7, 11) is -6.55. The molecule has 4 aromatic rings.